The summed E-state index contributed by atoms with van der Waals surface area (Å²) in [5.74, 6) is 6.14. The zero-order chi connectivity index (χ0) is 61.3. The SMILES string of the molecule is CC(C)c1ccc2c(c1)CCC2.CC(C)c1ccc2c(c1)CCCC2.CC(C)c1ccc2c(c1)OCO2.CC(C)c1ccc2n[nH]nc2c1.CC(C)c1ccc2nc[nH]c2c1.CC(C)c1cccc2c1CCC2.CC(C)c1cccc2c1CCCC2. The summed E-state index contributed by atoms with van der Waals surface area (Å²) in [5.41, 5.74) is 27.0. The number of ether oxygens (including phenoxy) is 2. The van der Waals surface area contributed by atoms with Crippen LogP contribution in [0.25, 0.3) is 22.1 Å². The zero-order valence-electron chi connectivity index (χ0n) is 55.0. The minimum Gasteiger partial charge on any atom is -0.454 e. The van der Waals surface area contributed by atoms with Crippen LogP contribution in [-0.4, -0.2) is 32.2 Å². The summed E-state index contributed by atoms with van der Waals surface area (Å²) >= 11 is 0. The Labute approximate surface area is 518 Å². The Balaban J connectivity index is 0.000000130. The van der Waals surface area contributed by atoms with Gasteiger partial charge in [0.25, 0.3) is 0 Å². The van der Waals surface area contributed by atoms with Crippen molar-refractivity contribution in [1.82, 2.24) is 25.4 Å². The van der Waals surface area contributed by atoms with E-state index in [2.05, 4.69) is 232 Å². The topological polar surface area (TPSA) is 88.7 Å². The first-order valence-electron chi connectivity index (χ1n) is 33.0. The Bertz CT molecular complexity index is 3410. The van der Waals surface area contributed by atoms with Crippen molar-refractivity contribution in [3.05, 3.63) is 217 Å². The number of hydrogen-bond acceptors (Lipinski definition) is 5. The summed E-state index contributed by atoms with van der Waals surface area (Å²) in [6.07, 6.45) is 20.4. The normalized spacial score (nSPS) is 14.2. The van der Waals surface area contributed by atoms with Crippen molar-refractivity contribution in [3.63, 3.8) is 0 Å². The van der Waals surface area contributed by atoms with E-state index in [1.807, 2.05) is 18.2 Å². The first-order chi connectivity index (χ1) is 41.4. The van der Waals surface area contributed by atoms with Gasteiger partial charge in [0.05, 0.1) is 17.4 Å². The quantitative estimate of drug-likeness (QED) is 0.166. The van der Waals surface area contributed by atoms with Crippen molar-refractivity contribution in [2.24, 2.45) is 0 Å². The summed E-state index contributed by atoms with van der Waals surface area (Å²) in [4.78, 5) is 7.27. The second-order valence-corrected chi connectivity index (χ2v) is 26.6. The number of rotatable bonds is 7. The number of aromatic nitrogens is 5. The molecule has 0 fully saturated rings. The van der Waals surface area contributed by atoms with Gasteiger partial charge in [-0.05, 0) is 251 Å². The van der Waals surface area contributed by atoms with E-state index in [0.717, 1.165) is 33.6 Å². The highest BCUT2D eigenvalue weighted by Gasteiger charge is 2.18. The number of aryl methyl sites for hydroxylation is 6. The van der Waals surface area contributed by atoms with E-state index in [9.17, 15) is 0 Å². The van der Waals surface area contributed by atoms with Crippen molar-refractivity contribution in [1.29, 1.82) is 0 Å². The molecule has 86 heavy (non-hydrogen) atoms. The standard InChI is InChI=1S/2C13H18.2C12H16.C10H12N2.C10H12O2.C9H11N3/c1-10(2)12-9-5-7-11-6-3-4-8-13(11)12;1-10(2)12-8-7-11-5-3-4-6-13(11)9-12;1-9(2)11-7-3-5-10-6-4-8-12(10)11;1-9(2)11-7-6-10-4-3-5-12(10)8-11;2*1-7(2)8-3-4-9-10(5-8)12-6-11-9;1-6(2)7-3-4-8-9(5-7)11-12-10-8/h5,7,9-10H,3-4,6,8H2,1-2H3;7-10H,3-6H2,1-2H3;3,5,7,9H,4,6,8H2,1-2H3;6-9H,3-5H2,1-2H3;3-7H,1-2H3,(H,11,12);3-5,7H,6H2,1-2H3;3-6H,1-2H3,(H,10,11,12). The summed E-state index contributed by atoms with van der Waals surface area (Å²) in [7, 11) is 0. The van der Waals surface area contributed by atoms with Crippen molar-refractivity contribution in [3.8, 4) is 11.5 Å². The first-order valence-corrected chi connectivity index (χ1v) is 33.0. The number of nitrogens with one attached hydrogen (secondary N) is 2. The Morgan fingerprint density at radius 2 is 0.756 bits per heavy atom. The summed E-state index contributed by atoms with van der Waals surface area (Å²) in [6.45, 7) is 31.6. The molecular formula is C79H103N5O2. The molecule has 0 saturated heterocycles. The second kappa shape index (κ2) is 31.6. The van der Waals surface area contributed by atoms with Crippen molar-refractivity contribution in [2.75, 3.05) is 6.79 Å². The van der Waals surface area contributed by atoms with E-state index in [1.54, 1.807) is 62.0 Å². The molecule has 0 radical (unpaired) electrons. The van der Waals surface area contributed by atoms with Gasteiger partial charge >= 0.3 is 0 Å². The van der Waals surface area contributed by atoms with Gasteiger partial charge in [-0.2, -0.15) is 15.4 Å². The van der Waals surface area contributed by atoms with Crippen LogP contribution in [0.2, 0.25) is 0 Å². The van der Waals surface area contributed by atoms with Crippen LogP contribution in [0.3, 0.4) is 0 Å². The fourth-order valence-electron chi connectivity index (χ4n) is 12.4. The highest BCUT2D eigenvalue weighted by atomic mass is 16.7. The number of nitrogens with zero attached hydrogens (tertiary/aromatic N) is 3. The monoisotopic (exact) mass is 1150 g/mol. The summed E-state index contributed by atoms with van der Waals surface area (Å²) in [5, 5.41) is 10.6. The molecule has 0 unspecified atom stereocenters. The maximum absolute atomic E-state index is 5.27. The third-order valence-corrected chi connectivity index (χ3v) is 17.9. The molecule has 7 nitrogen and oxygen atoms in total. The molecule has 0 amide bonds. The van der Waals surface area contributed by atoms with E-state index in [4.69, 9.17) is 9.47 Å². The van der Waals surface area contributed by atoms with Gasteiger partial charge in [0.2, 0.25) is 6.79 Å². The predicted molar refractivity (Wildman–Crippen MR) is 364 cm³/mol. The molecule has 7 aromatic carbocycles. The van der Waals surface area contributed by atoms with E-state index in [-0.39, 0.29) is 0 Å². The average Bonchev–Trinajstić information content (AvgIpc) is 4.54. The lowest BCUT2D eigenvalue weighted by Gasteiger charge is -2.21. The molecule has 0 atom stereocenters. The molecule has 0 saturated carbocycles. The van der Waals surface area contributed by atoms with Gasteiger partial charge < -0.3 is 14.5 Å². The second-order valence-electron chi connectivity index (χ2n) is 26.6. The smallest absolute Gasteiger partial charge is 0.231 e. The van der Waals surface area contributed by atoms with Crippen LogP contribution >= 0.6 is 0 Å². The zero-order valence-corrected chi connectivity index (χ0v) is 55.0. The van der Waals surface area contributed by atoms with Crippen LogP contribution in [0.4, 0.5) is 0 Å². The van der Waals surface area contributed by atoms with E-state index in [0.29, 0.717) is 48.2 Å². The molecule has 0 bridgehead atoms. The van der Waals surface area contributed by atoms with Crippen LogP contribution in [0, 0.1) is 0 Å². The van der Waals surface area contributed by atoms with E-state index in [1.165, 1.54) is 118 Å². The fourth-order valence-corrected chi connectivity index (χ4v) is 12.4. The van der Waals surface area contributed by atoms with E-state index < -0.39 is 0 Å². The van der Waals surface area contributed by atoms with Crippen molar-refractivity contribution in [2.45, 2.75) is 228 Å². The molecule has 456 valence electrons. The van der Waals surface area contributed by atoms with Crippen molar-refractivity contribution < 1.29 is 9.47 Å². The molecule has 1 aliphatic heterocycles. The molecule has 9 aromatic rings. The van der Waals surface area contributed by atoms with Gasteiger partial charge in [-0.1, -0.05) is 188 Å². The molecule has 5 aliphatic rings. The lowest BCUT2D eigenvalue weighted by atomic mass is 9.85. The molecule has 7 heteroatoms. The van der Waals surface area contributed by atoms with Crippen molar-refractivity contribution >= 4 is 22.1 Å². The van der Waals surface area contributed by atoms with Crippen LogP contribution in [-0.2, 0) is 51.4 Å². The molecular weight excluding hydrogens is 1050 g/mol. The first kappa shape index (κ1) is 65.0. The number of H-pyrrole nitrogens is 2. The van der Waals surface area contributed by atoms with Gasteiger partial charge in [-0.15, -0.1) is 0 Å². The van der Waals surface area contributed by atoms with Crippen LogP contribution in [0.5, 0.6) is 11.5 Å². The predicted octanol–water partition coefficient (Wildman–Crippen LogP) is 21.3. The van der Waals surface area contributed by atoms with Gasteiger partial charge in [-0.3, -0.25) is 0 Å². The molecule has 0 spiro atoms. The largest absolute Gasteiger partial charge is 0.454 e. The fraction of sp³-hybridized carbons (Fsp3) is 0.456. The van der Waals surface area contributed by atoms with E-state index >= 15 is 0 Å². The van der Waals surface area contributed by atoms with Gasteiger partial charge in [0.1, 0.15) is 11.0 Å². The Hall–Kier alpha value is -6.99. The summed E-state index contributed by atoms with van der Waals surface area (Å²) in [6, 6.07) is 46.3. The Kier molecular flexibility index (Phi) is 23.9. The number of fused-ring (bicyclic) bond motifs is 7. The third kappa shape index (κ3) is 17.8. The number of hydrogen-bond donors (Lipinski definition) is 2. The van der Waals surface area contributed by atoms with Crippen LogP contribution in [0.1, 0.15) is 260 Å². The minimum absolute atomic E-state index is 0.358. The molecule has 2 N–H and O–H groups in total. The molecule has 4 aliphatic carbocycles. The van der Waals surface area contributed by atoms with Crippen LogP contribution < -0.4 is 9.47 Å². The lowest BCUT2D eigenvalue weighted by Crippen LogP contribution is -2.06. The highest BCUT2D eigenvalue weighted by Crippen LogP contribution is 2.35. The van der Waals surface area contributed by atoms with Gasteiger partial charge in [0.15, 0.2) is 11.5 Å². The van der Waals surface area contributed by atoms with Gasteiger partial charge in [-0.25, -0.2) is 4.98 Å². The maximum atomic E-state index is 5.27. The number of aromatic amines is 2. The lowest BCUT2D eigenvalue weighted by molar-refractivity contribution is 0.174. The van der Waals surface area contributed by atoms with Crippen LogP contribution in [0.15, 0.2) is 134 Å². The molecule has 14 rings (SSSR count). The highest BCUT2D eigenvalue weighted by molar-refractivity contribution is 5.75. The van der Waals surface area contributed by atoms with Gasteiger partial charge in [0, 0.05) is 0 Å². The Morgan fingerprint density at radius 1 is 0.337 bits per heavy atom. The average molecular weight is 1150 g/mol. The maximum Gasteiger partial charge on any atom is 0.231 e. The Morgan fingerprint density at radius 3 is 1.34 bits per heavy atom. The third-order valence-electron chi connectivity index (χ3n) is 17.9. The molecule has 2 aromatic heterocycles. The summed E-state index contributed by atoms with van der Waals surface area (Å²) < 4.78 is 10.5. The minimum atomic E-state index is 0.358. The number of benzene rings is 7. The number of imidazole rings is 1. The molecule has 3 heterocycles.